The van der Waals surface area contributed by atoms with Crippen LogP contribution in [0.3, 0.4) is 0 Å². The fourth-order valence-electron chi connectivity index (χ4n) is 3.02. The Morgan fingerprint density at radius 3 is 2.28 bits per heavy atom. The summed E-state index contributed by atoms with van der Waals surface area (Å²) in [5.74, 6) is 2.27. The largest absolute Gasteiger partial charge is 0.497 e. The Morgan fingerprint density at radius 2 is 1.62 bits per heavy atom. The highest BCUT2D eigenvalue weighted by atomic mass is 32.2. The Balaban J connectivity index is 1.67. The second-order valence-corrected chi connectivity index (χ2v) is 8.81. The second kappa shape index (κ2) is 8.39. The van der Waals surface area contributed by atoms with Crippen molar-refractivity contribution in [1.82, 2.24) is 15.2 Å². The van der Waals surface area contributed by atoms with Gasteiger partial charge in [0, 0.05) is 17.4 Å². The van der Waals surface area contributed by atoms with Crippen molar-refractivity contribution < 1.29 is 9.47 Å². The molecule has 5 nitrogen and oxygen atoms in total. The molecule has 0 aliphatic carbocycles. The van der Waals surface area contributed by atoms with Crippen LogP contribution in [-0.4, -0.2) is 29.4 Å². The van der Waals surface area contributed by atoms with Gasteiger partial charge < -0.3 is 9.47 Å². The van der Waals surface area contributed by atoms with Gasteiger partial charge in [0.05, 0.1) is 23.9 Å². The SMILES string of the molecule is COc1cc(CSc2nnc(-c3ccc(C)cc3)c3sc(C)nc23)cc(OC)c1. The van der Waals surface area contributed by atoms with Crippen LogP contribution in [0, 0.1) is 13.8 Å². The van der Waals surface area contributed by atoms with E-state index < -0.39 is 0 Å². The van der Waals surface area contributed by atoms with E-state index in [0.29, 0.717) is 0 Å². The predicted molar refractivity (Wildman–Crippen MR) is 119 cm³/mol. The van der Waals surface area contributed by atoms with Gasteiger partial charge in [0.25, 0.3) is 0 Å². The van der Waals surface area contributed by atoms with Crippen LogP contribution in [-0.2, 0) is 5.75 Å². The zero-order valence-corrected chi connectivity index (χ0v) is 18.4. The number of hydrogen-bond donors (Lipinski definition) is 0. The Morgan fingerprint density at radius 1 is 0.931 bits per heavy atom. The molecule has 0 N–H and O–H groups in total. The van der Waals surface area contributed by atoms with Crippen LogP contribution in [0.25, 0.3) is 21.5 Å². The maximum atomic E-state index is 5.37. The van der Waals surface area contributed by atoms with Crippen LogP contribution in [0.5, 0.6) is 11.5 Å². The summed E-state index contributed by atoms with van der Waals surface area (Å²) in [4.78, 5) is 4.74. The van der Waals surface area contributed by atoms with Gasteiger partial charge in [-0.25, -0.2) is 4.98 Å². The zero-order valence-electron chi connectivity index (χ0n) is 16.7. The van der Waals surface area contributed by atoms with Gasteiger partial charge in [-0.05, 0) is 31.5 Å². The number of hydrogen-bond acceptors (Lipinski definition) is 7. The third-order valence-corrected chi connectivity index (χ3v) is 6.51. The molecule has 0 aliphatic heterocycles. The van der Waals surface area contributed by atoms with Gasteiger partial charge >= 0.3 is 0 Å². The monoisotopic (exact) mass is 423 g/mol. The molecule has 0 saturated carbocycles. The summed E-state index contributed by atoms with van der Waals surface area (Å²) in [6, 6.07) is 14.2. The fraction of sp³-hybridized carbons (Fsp3) is 0.227. The summed E-state index contributed by atoms with van der Waals surface area (Å²) in [6.45, 7) is 4.10. The third-order valence-electron chi connectivity index (χ3n) is 4.50. The summed E-state index contributed by atoms with van der Waals surface area (Å²) < 4.78 is 11.8. The molecule has 0 spiro atoms. The molecule has 2 aromatic heterocycles. The zero-order chi connectivity index (χ0) is 20.4. The predicted octanol–water partition coefficient (Wildman–Crippen LogP) is 5.68. The Labute approximate surface area is 178 Å². The summed E-state index contributed by atoms with van der Waals surface area (Å²) >= 11 is 3.28. The number of nitrogens with zero attached hydrogens (tertiary/aromatic N) is 3. The lowest BCUT2D eigenvalue weighted by Gasteiger charge is -2.09. The van der Waals surface area contributed by atoms with Gasteiger partial charge in [0.1, 0.15) is 27.7 Å². The van der Waals surface area contributed by atoms with E-state index in [-0.39, 0.29) is 0 Å². The van der Waals surface area contributed by atoms with E-state index in [1.54, 1.807) is 37.3 Å². The molecule has 0 atom stereocenters. The maximum Gasteiger partial charge on any atom is 0.146 e. The molecule has 4 aromatic rings. The van der Waals surface area contributed by atoms with Crippen molar-refractivity contribution in [3.05, 3.63) is 58.6 Å². The van der Waals surface area contributed by atoms with Crippen LogP contribution in [0.4, 0.5) is 0 Å². The molecule has 0 fully saturated rings. The van der Waals surface area contributed by atoms with E-state index in [4.69, 9.17) is 14.5 Å². The van der Waals surface area contributed by atoms with Crippen molar-refractivity contribution in [2.75, 3.05) is 14.2 Å². The number of methoxy groups -OCH3 is 2. The molecular weight excluding hydrogens is 402 g/mol. The molecule has 4 rings (SSSR count). The van der Waals surface area contributed by atoms with Crippen molar-refractivity contribution in [3.8, 4) is 22.8 Å². The molecule has 2 heterocycles. The van der Waals surface area contributed by atoms with Gasteiger partial charge in [-0.15, -0.1) is 21.5 Å². The molecule has 2 aromatic carbocycles. The van der Waals surface area contributed by atoms with Gasteiger partial charge in [-0.2, -0.15) is 0 Å². The number of aromatic nitrogens is 3. The quantitative estimate of drug-likeness (QED) is 0.372. The van der Waals surface area contributed by atoms with Crippen molar-refractivity contribution in [3.63, 3.8) is 0 Å². The molecule has 0 amide bonds. The van der Waals surface area contributed by atoms with Crippen LogP contribution < -0.4 is 9.47 Å². The standard InChI is InChI=1S/C22H21N3O2S2/c1-13-5-7-16(8-6-13)19-21-20(23-14(2)29-21)22(25-24-19)28-12-15-9-17(26-3)11-18(10-15)27-4/h5-11H,12H2,1-4H3. The topological polar surface area (TPSA) is 57.1 Å². The van der Waals surface area contributed by atoms with E-state index in [1.165, 1.54) is 5.56 Å². The van der Waals surface area contributed by atoms with E-state index in [0.717, 1.165) is 54.3 Å². The molecular formula is C22H21N3O2S2. The molecule has 29 heavy (non-hydrogen) atoms. The van der Waals surface area contributed by atoms with Crippen molar-refractivity contribution >= 4 is 33.3 Å². The van der Waals surface area contributed by atoms with Crippen LogP contribution in [0.1, 0.15) is 16.1 Å². The van der Waals surface area contributed by atoms with E-state index in [2.05, 4.69) is 41.4 Å². The number of fused-ring (bicyclic) bond motifs is 1. The molecule has 148 valence electrons. The summed E-state index contributed by atoms with van der Waals surface area (Å²) in [7, 11) is 3.31. The van der Waals surface area contributed by atoms with E-state index in [1.807, 2.05) is 25.1 Å². The summed E-state index contributed by atoms with van der Waals surface area (Å²) in [5, 5.41) is 10.9. The molecule has 0 saturated heterocycles. The van der Waals surface area contributed by atoms with Crippen LogP contribution in [0.2, 0.25) is 0 Å². The Kier molecular flexibility index (Phi) is 5.69. The van der Waals surface area contributed by atoms with Crippen LogP contribution >= 0.6 is 23.1 Å². The highest BCUT2D eigenvalue weighted by Gasteiger charge is 2.16. The first kappa shape index (κ1) is 19.7. The molecule has 0 aliphatic rings. The minimum Gasteiger partial charge on any atom is -0.497 e. The smallest absolute Gasteiger partial charge is 0.146 e. The van der Waals surface area contributed by atoms with Gasteiger partial charge in [0.15, 0.2) is 0 Å². The minimum atomic E-state index is 0.720. The number of thioether (sulfide) groups is 1. The number of ether oxygens (including phenoxy) is 2. The first-order valence-corrected chi connectivity index (χ1v) is 10.9. The minimum absolute atomic E-state index is 0.720. The highest BCUT2D eigenvalue weighted by molar-refractivity contribution is 7.98. The average molecular weight is 424 g/mol. The summed E-state index contributed by atoms with van der Waals surface area (Å²) in [5.41, 5.74) is 5.18. The van der Waals surface area contributed by atoms with Gasteiger partial charge in [-0.1, -0.05) is 41.6 Å². The highest BCUT2D eigenvalue weighted by Crippen LogP contribution is 2.37. The van der Waals surface area contributed by atoms with Gasteiger partial charge in [-0.3, -0.25) is 0 Å². The number of thiazole rings is 1. The lowest BCUT2D eigenvalue weighted by molar-refractivity contribution is 0.393. The van der Waals surface area contributed by atoms with Crippen molar-refractivity contribution in [2.45, 2.75) is 24.6 Å². The summed E-state index contributed by atoms with van der Waals surface area (Å²) in [6.07, 6.45) is 0. The molecule has 0 bridgehead atoms. The van der Waals surface area contributed by atoms with Crippen molar-refractivity contribution in [2.24, 2.45) is 0 Å². The Bertz CT molecular complexity index is 1130. The first-order valence-electron chi connectivity index (χ1n) is 9.13. The molecule has 0 unspecified atom stereocenters. The van der Waals surface area contributed by atoms with Crippen molar-refractivity contribution in [1.29, 1.82) is 0 Å². The molecule has 7 heteroatoms. The Hall–Kier alpha value is -2.64. The number of aryl methyl sites for hydroxylation is 2. The fourth-order valence-corrected chi connectivity index (χ4v) is 4.86. The number of rotatable bonds is 6. The van der Waals surface area contributed by atoms with Gasteiger partial charge in [0.2, 0.25) is 0 Å². The second-order valence-electron chi connectivity index (χ2n) is 6.64. The maximum absolute atomic E-state index is 5.37. The normalized spacial score (nSPS) is 11.0. The lowest BCUT2D eigenvalue weighted by Crippen LogP contribution is -1.94. The van der Waals surface area contributed by atoms with E-state index in [9.17, 15) is 0 Å². The van der Waals surface area contributed by atoms with E-state index >= 15 is 0 Å². The lowest BCUT2D eigenvalue weighted by atomic mass is 10.1. The first-order chi connectivity index (χ1) is 14.1. The third kappa shape index (κ3) is 4.21. The van der Waals surface area contributed by atoms with Crippen LogP contribution in [0.15, 0.2) is 47.5 Å². The molecule has 0 radical (unpaired) electrons. The average Bonchev–Trinajstić information content (AvgIpc) is 3.14. The number of benzene rings is 2.